The average Bonchev–Trinajstić information content (AvgIpc) is 3.34. The zero-order chi connectivity index (χ0) is 31.5. The molecular weight excluding hydrogens is 582 g/mol. The van der Waals surface area contributed by atoms with E-state index in [0.717, 1.165) is 25.9 Å². The zero-order valence-electron chi connectivity index (χ0n) is 25.8. The van der Waals surface area contributed by atoms with Crippen LogP contribution in [-0.4, -0.2) is 56.2 Å². The van der Waals surface area contributed by atoms with Crippen molar-refractivity contribution in [2.75, 3.05) is 34.8 Å². The number of nitrogens with one attached hydrogen (secondary N) is 2. The lowest BCUT2D eigenvalue weighted by atomic mass is 9.93. The average molecular weight is 622 g/mol. The van der Waals surface area contributed by atoms with Gasteiger partial charge in [-0.3, -0.25) is 9.69 Å². The van der Waals surface area contributed by atoms with Gasteiger partial charge >= 0.3 is 6.09 Å². The number of ether oxygens (including phenoxy) is 1. The van der Waals surface area contributed by atoms with Gasteiger partial charge in [0, 0.05) is 29.9 Å². The molecule has 234 valence electrons. The number of piperidine rings is 1. The van der Waals surface area contributed by atoms with Crippen LogP contribution in [0.2, 0.25) is 0 Å². The normalized spacial score (nSPS) is 19.2. The van der Waals surface area contributed by atoms with E-state index in [0.29, 0.717) is 33.9 Å². The summed E-state index contributed by atoms with van der Waals surface area (Å²) in [6.45, 7) is 10.8. The molecule has 2 aliphatic heterocycles. The summed E-state index contributed by atoms with van der Waals surface area (Å²) in [4.78, 5) is 35.1. The molecule has 2 N–H and O–H groups in total. The predicted octanol–water partition coefficient (Wildman–Crippen LogP) is 5.79. The van der Waals surface area contributed by atoms with Crippen LogP contribution in [0, 0.1) is 5.41 Å². The predicted molar refractivity (Wildman–Crippen MR) is 167 cm³/mol. The van der Waals surface area contributed by atoms with E-state index in [4.69, 9.17) is 14.1 Å². The van der Waals surface area contributed by atoms with Gasteiger partial charge in [-0.2, -0.15) is 0 Å². The molecule has 3 fully saturated rings. The summed E-state index contributed by atoms with van der Waals surface area (Å²) in [5.74, 6) is 0.910. The summed E-state index contributed by atoms with van der Waals surface area (Å²) in [7, 11) is -3.93. The van der Waals surface area contributed by atoms with E-state index in [9.17, 15) is 18.0 Å². The molecule has 11 nitrogen and oxygen atoms in total. The molecule has 44 heavy (non-hydrogen) atoms. The molecule has 2 amide bonds. The Balaban J connectivity index is 1.37. The van der Waals surface area contributed by atoms with E-state index in [-0.39, 0.29) is 17.2 Å². The minimum absolute atomic E-state index is 0.00846. The van der Waals surface area contributed by atoms with Crippen molar-refractivity contribution in [1.82, 2.24) is 9.71 Å². The fourth-order valence-corrected chi connectivity index (χ4v) is 7.43. The summed E-state index contributed by atoms with van der Waals surface area (Å²) in [6, 6.07) is 11.4. The van der Waals surface area contributed by atoms with E-state index < -0.39 is 33.1 Å². The van der Waals surface area contributed by atoms with E-state index in [1.54, 1.807) is 51.1 Å². The van der Waals surface area contributed by atoms with Gasteiger partial charge in [-0.15, -0.1) is 0 Å². The maximum absolute atomic E-state index is 14.0. The number of pyridine rings is 1. The van der Waals surface area contributed by atoms with E-state index in [1.165, 1.54) is 36.1 Å². The van der Waals surface area contributed by atoms with Crippen molar-refractivity contribution < 1.29 is 27.2 Å². The van der Waals surface area contributed by atoms with Gasteiger partial charge in [-0.05, 0) is 108 Å². The number of furan rings is 1. The maximum atomic E-state index is 14.0. The summed E-state index contributed by atoms with van der Waals surface area (Å²) >= 11 is 0. The fraction of sp³-hybridized carbons (Fsp3) is 0.469. The van der Waals surface area contributed by atoms with Gasteiger partial charge in [0.25, 0.3) is 5.91 Å². The lowest BCUT2D eigenvalue weighted by molar-refractivity contribution is 0.102. The first-order chi connectivity index (χ1) is 20.6. The number of carbonyl (C=O) groups is 2. The Labute approximate surface area is 258 Å². The quantitative estimate of drug-likeness (QED) is 0.339. The van der Waals surface area contributed by atoms with Crippen LogP contribution in [0.5, 0.6) is 0 Å². The molecule has 1 saturated carbocycles. The molecule has 3 aromatic rings. The fourth-order valence-electron chi connectivity index (χ4n) is 5.94. The number of amides is 2. The Morgan fingerprint density at radius 2 is 1.75 bits per heavy atom. The van der Waals surface area contributed by atoms with Crippen molar-refractivity contribution in [3.63, 3.8) is 0 Å². The van der Waals surface area contributed by atoms with Gasteiger partial charge in [0.15, 0.2) is 0 Å². The van der Waals surface area contributed by atoms with Crippen LogP contribution in [0.25, 0.3) is 11.3 Å². The SMILES string of the molecule is CC(C)(C)NS(=O)(=O)c1cc(NC(=O)c2ccc(N3C(=O)OCC3(C)C)nc2N2CCC3(CC2)CC3)cc(-c2ccco2)c1. The van der Waals surface area contributed by atoms with E-state index in [1.807, 2.05) is 13.8 Å². The van der Waals surface area contributed by atoms with E-state index in [2.05, 4.69) is 14.9 Å². The van der Waals surface area contributed by atoms with Gasteiger partial charge in [-0.1, -0.05) is 0 Å². The molecule has 1 spiro atoms. The highest BCUT2D eigenvalue weighted by atomic mass is 32.2. The Bertz CT molecular complexity index is 1700. The number of hydrogen-bond donors (Lipinski definition) is 2. The molecule has 0 unspecified atom stereocenters. The summed E-state index contributed by atoms with van der Waals surface area (Å²) < 4.78 is 40.2. The highest BCUT2D eigenvalue weighted by Gasteiger charge is 2.46. The van der Waals surface area contributed by atoms with Crippen molar-refractivity contribution >= 4 is 39.3 Å². The second kappa shape index (κ2) is 10.6. The molecule has 6 rings (SSSR count). The van der Waals surface area contributed by atoms with Gasteiger partial charge in [-0.25, -0.2) is 22.9 Å². The Morgan fingerprint density at radius 3 is 2.34 bits per heavy atom. The van der Waals surface area contributed by atoms with Crippen molar-refractivity contribution in [1.29, 1.82) is 0 Å². The van der Waals surface area contributed by atoms with Crippen LogP contribution in [0.4, 0.5) is 22.1 Å². The highest BCUT2D eigenvalue weighted by Crippen LogP contribution is 2.54. The van der Waals surface area contributed by atoms with Gasteiger partial charge in [0.1, 0.15) is 24.0 Å². The molecule has 0 atom stereocenters. The van der Waals surface area contributed by atoms with Crippen molar-refractivity contribution in [2.24, 2.45) is 5.41 Å². The number of anilines is 3. The standard InChI is InChI=1S/C32H39N5O6S/c1-30(2,3)35-44(40,41)23-18-21(25-7-6-16-42-25)17-22(19-23)33-28(38)24-8-9-26(37-29(39)43-20-31(37,4)5)34-27(24)36-14-12-32(10-11-32)13-15-36/h6-9,16-19,35H,10-15,20H2,1-5H3,(H,33,38). The number of sulfonamides is 1. The molecule has 1 aromatic carbocycles. The molecule has 2 aromatic heterocycles. The number of benzene rings is 1. The van der Waals surface area contributed by atoms with E-state index >= 15 is 0 Å². The minimum atomic E-state index is -3.93. The van der Waals surface area contributed by atoms with Crippen LogP contribution in [-0.2, 0) is 14.8 Å². The summed E-state index contributed by atoms with van der Waals surface area (Å²) in [5, 5.41) is 2.91. The summed E-state index contributed by atoms with van der Waals surface area (Å²) in [5.41, 5.74) is 0.206. The molecular formula is C32H39N5O6S. The number of carbonyl (C=O) groups excluding carboxylic acids is 2. The number of rotatable bonds is 7. The smallest absolute Gasteiger partial charge is 0.416 e. The van der Waals surface area contributed by atoms with Crippen molar-refractivity contribution in [3.8, 4) is 11.3 Å². The lowest BCUT2D eigenvalue weighted by Gasteiger charge is -2.35. The minimum Gasteiger partial charge on any atom is -0.464 e. The molecule has 3 aliphatic rings. The highest BCUT2D eigenvalue weighted by molar-refractivity contribution is 7.89. The maximum Gasteiger partial charge on any atom is 0.416 e. The third kappa shape index (κ3) is 6.05. The van der Waals surface area contributed by atoms with Gasteiger partial charge < -0.3 is 19.4 Å². The largest absolute Gasteiger partial charge is 0.464 e. The number of nitrogens with zero attached hydrogens (tertiary/aromatic N) is 3. The third-order valence-corrected chi connectivity index (χ3v) is 10.2. The molecule has 4 heterocycles. The monoisotopic (exact) mass is 621 g/mol. The Morgan fingerprint density at radius 1 is 1.02 bits per heavy atom. The zero-order valence-corrected chi connectivity index (χ0v) is 26.6. The van der Waals surface area contributed by atoms with Crippen LogP contribution in [0.1, 0.15) is 70.7 Å². The summed E-state index contributed by atoms with van der Waals surface area (Å²) in [6.07, 6.45) is 5.53. The Kier molecular flexibility index (Phi) is 7.28. The van der Waals surface area contributed by atoms with Crippen LogP contribution < -0.4 is 19.8 Å². The number of cyclic esters (lactones) is 1. The molecule has 12 heteroatoms. The molecule has 0 bridgehead atoms. The van der Waals surface area contributed by atoms with Gasteiger partial charge in [0.05, 0.1) is 22.3 Å². The molecule has 0 radical (unpaired) electrons. The van der Waals surface area contributed by atoms with Crippen molar-refractivity contribution in [3.05, 3.63) is 54.3 Å². The first kappa shape index (κ1) is 30.1. The number of aromatic nitrogens is 1. The first-order valence-electron chi connectivity index (χ1n) is 14.9. The Hall–Kier alpha value is -3.90. The van der Waals surface area contributed by atoms with Crippen LogP contribution in [0.3, 0.4) is 0 Å². The second-order valence-electron chi connectivity index (χ2n) is 13.8. The number of hydrogen-bond acceptors (Lipinski definition) is 8. The first-order valence-corrected chi connectivity index (χ1v) is 16.4. The topological polar surface area (TPSA) is 134 Å². The van der Waals surface area contributed by atoms with Crippen LogP contribution >= 0.6 is 0 Å². The lowest BCUT2D eigenvalue weighted by Crippen LogP contribution is -2.43. The van der Waals surface area contributed by atoms with Gasteiger partial charge in [0.2, 0.25) is 10.0 Å². The third-order valence-electron chi connectivity index (χ3n) is 8.47. The molecule has 1 aliphatic carbocycles. The van der Waals surface area contributed by atoms with Crippen molar-refractivity contribution in [2.45, 2.75) is 76.3 Å². The van der Waals surface area contributed by atoms with Crippen LogP contribution in [0.15, 0.2) is 58.0 Å². The molecule has 2 saturated heterocycles. The second-order valence-corrected chi connectivity index (χ2v) is 15.4.